The van der Waals surface area contributed by atoms with E-state index >= 15 is 0 Å². The van der Waals surface area contributed by atoms with Crippen LogP contribution in [0.25, 0.3) is 0 Å². The van der Waals surface area contributed by atoms with Crippen LogP contribution in [-0.2, 0) is 9.59 Å². The summed E-state index contributed by atoms with van der Waals surface area (Å²) < 4.78 is 13.1. The van der Waals surface area contributed by atoms with Crippen LogP contribution >= 0.6 is 0 Å². The van der Waals surface area contributed by atoms with Gasteiger partial charge in [-0.2, -0.15) is 0 Å². The molecule has 0 saturated carbocycles. The number of carbonyl (C=O) groups is 2. The Kier molecular flexibility index (Phi) is 3.83. The van der Waals surface area contributed by atoms with E-state index in [-0.39, 0.29) is 5.69 Å². The van der Waals surface area contributed by atoms with Crippen LogP contribution in [0.4, 0.5) is 15.8 Å². The third kappa shape index (κ3) is 3.24. The molecule has 102 valence electrons. The van der Waals surface area contributed by atoms with Gasteiger partial charge in [-0.25, -0.2) is 4.39 Å². The van der Waals surface area contributed by atoms with E-state index < -0.39 is 33.7 Å². The Hall–Kier alpha value is -2.51. The molecule has 1 amide bonds. The number of rotatable bonds is 4. The number of aliphatic carboxylic acids is 1. The minimum atomic E-state index is -1.74. The standard InChI is InChI=1S/C11H11FN2O5/c1-11(2,10(16)17)9(15)13-7-3-6(12)4-8(5-7)14(18)19/h3-5H,1-2H3,(H,13,15)(H,16,17). The molecule has 0 unspecified atom stereocenters. The van der Waals surface area contributed by atoms with Crippen molar-refractivity contribution in [2.75, 3.05) is 5.32 Å². The van der Waals surface area contributed by atoms with Gasteiger partial charge < -0.3 is 10.4 Å². The molecular formula is C11H11FN2O5. The second-order valence-corrected chi connectivity index (χ2v) is 4.34. The number of anilines is 1. The maximum Gasteiger partial charge on any atom is 0.318 e. The smallest absolute Gasteiger partial charge is 0.318 e. The summed E-state index contributed by atoms with van der Waals surface area (Å²) >= 11 is 0. The maximum absolute atomic E-state index is 13.1. The molecule has 0 heterocycles. The highest BCUT2D eigenvalue weighted by Crippen LogP contribution is 2.23. The Labute approximate surface area is 107 Å². The summed E-state index contributed by atoms with van der Waals surface area (Å²) in [5.41, 5.74) is -2.45. The molecule has 0 spiro atoms. The number of non-ortho nitro benzene ring substituents is 1. The molecule has 19 heavy (non-hydrogen) atoms. The van der Waals surface area contributed by atoms with Crippen molar-refractivity contribution in [3.05, 3.63) is 34.1 Å². The Morgan fingerprint density at radius 1 is 1.37 bits per heavy atom. The Morgan fingerprint density at radius 3 is 2.42 bits per heavy atom. The number of carboxylic acid groups (broad SMARTS) is 1. The average Bonchev–Trinajstić information content (AvgIpc) is 2.27. The molecule has 0 atom stereocenters. The van der Waals surface area contributed by atoms with E-state index in [0.717, 1.165) is 12.1 Å². The highest BCUT2D eigenvalue weighted by molar-refractivity contribution is 6.07. The van der Waals surface area contributed by atoms with Crippen LogP contribution in [-0.4, -0.2) is 21.9 Å². The van der Waals surface area contributed by atoms with Gasteiger partial charge in [0, 0.05) is 6.07 Å². The summed E-state index contributed by atoms with van der Waals surface area (Å²) in [6.07, 6.45) is 0. The molecule has 0 fully saturated rings. The molecule has 0 aromatic heterocycles. The van der Waals surface area contributed by atoms with Crippen LogP contribution in [0.5, 0.6) is 0 Å². The molecule has 1 aromatic carbocycles. The lowest BCUT2D eigenvalue weighted by Crippen LogP contribution is -2.37. The third-order valence-electron chi connectivity index (χ3n) is 2.45. The predicted octanol–water partition coefficient (Wildman–Crippen LogP) is 1.78. The van der Waals surface area contributed by atoms with E-state index in [9.17, 15) is 24.1 Å². The first kappa shape index (κ1) is 14.6. The van der Waals surface area contributed by atoms with Crippen molar-refractivity contribution in [3.8, 4) is 0 Å². The number of carboxylic acids is 1. The van der Waals surface area contributed by atoms with Crippen LogP contribution in [0.2, 0.25) is 0 Å². The average molecular weight is 270 g/mol. The van der Waals surface area contributed by atoms with Crippen molar-refractivity contribution in [3.63, 3.8) is 0 Å². The van der Waals surface area contributed by atoms with E-state index in [1.807, 2.05) is 0 Å². The molecule has 8 heteroatoms. The lowest BCUT2D eigenvalue weighted by atomic mass is 9.92. The number of nitrogens with zero attached hydrogens (tertiary/aromatic N) is 1. The summed E-state index contributed by atoms with van der Waals surface area (Å²) in [6, 6.07) is 2.50. The zero-order valence-electron chi connectivity index (χ0n) is 10.1. The highest BCUT2D eigenvalue weighted by Gasteiger charge is 2.36. The van der Waals surface area contributed by atoms with Gasteiger partial charge >= 0.3 is 5.97 Å². The number of amides is 1. The van der Waals surface area contributed by atoms with Gasteiger partial charge in [0.1, 0.15) is 11.2 Å². The number of hydrogen-bond acceptors (Lipinski definition) is 4. The molecule has 7 nitrogen and oxygen atoms in total. The van der Waals surface area contributed by atoms with Crippen LogP contribution in [0, 0.1) is 21.3 Å². The van der Waals surface area contributed by atoms with Gasteiger partial charge in [-0.1, -0.05) is 0 Å². The van der Waals surface area contributed by atoms with Crippen molar-refractivity contribution >= 4 is 23.3 Å². The molecule has 0 aliphatic rings. The summed E-state index contributed by atoms with van der Waals surface area (Å²) in [5.74, 6) is -3.17. The number of carbonyl (C=O) groups excluding carboxylic acids is 1. The zero-order valence-corrected chi connectivity index (χ0v) is 10.1. The first-order valence-electron chi connectivity index (χ1n) is 5.14. The third-order valence-corrected chi connectivity index (χ3v) is 2.45. The summed E-state index contributed by atoms with van der Waals surface area (Å²) in [4.78, 5) is 32.2. The quantitative estimate of drug-likeness (QED) is 0.492. The second-order valence-electron chi connectivity index (χ2n) is 4.34. The molecule has 1 aromatic rings. The molecule has 0 radical (unpaired) electrons. The normalized spacial score (nSPS) is 10.9. The molecule has 0 aliphatic heterocycles. The number of nitro benzene ring substituents is 1. The first-order valence-corrected chi connectivity index (χ1v) is 5.14. The van der Waals surface area contributed by atoms with Crippen LogP contribution in [0.3, 0.4) is 0 Å². The van der Waals surface area contributed by atoms with Crippen molar-refractivity contribution in [1.29, 1.82) is 0 Å². The van der Waals surface area contributed by atoms with Gasteiger partial charge in [-0.15, -0.1) is 0 Å². The van der Waals surface area contributed by atoms with Crippen molar-refractivity contribution in [2.24, 2.45) is 5.41 Å². The number of halogens is 1. The van der Waals surface area contributed by atoms with Crippen molar-refractivity contribution in [1.82, 2.24) is 0 Å². The van der Waals surface area contributed by atoms with E-state index in [2.05, 4.69) is 5.32 Å². The molecule has 0 saturated heterocycles. The lowest BCUT2D eigenvalue weighted by molar-refractivity contribution is -0.385. The summed E-state index contributed by atoms with van der Waals surface area (Å²) in [7, 11) is 0. The van der Waals surface area contributed by atoms with Gasteiger partial charge in [0.05, 0.1) is 16.7 Å². The lowest BCUT2D eigenvalue weighted by Gasteiger charge is -2.18. The number of nitro groups is 1. The minimum Gasteiger partial charge on any atom is -0.480 e. The molecular weight excluding hydrogens is 259 g/mol. The fraction of sp³-hybridized carbons (Fsp3) is 0.273. The van der Waals surface area contributed by atoms with E-state index in [4.69, 9.17) is 5.11 Å². The summed E-state index contributed by atoms with van der Waals surface area (Å²) in [5, 5.41) is 21.5. The highest BCUT2D eigenvalue weighted by atomic mass is 19.1. The molecule has 0 bridgehead atoms. The monoisotopic (exact) mass is 270 g/mol. The topological polar surface area (TPSA) is 110 Å². The van der Waals surface area contributed by atoms with Crippen molar-refractivity contribution in [2.45, 2.75) is 13.8 Å². The van der Waals surface area contributed by atoms with Gasteiger partial charge in [-0.3, -0.25) is 19.7 Å². The first-order chi connectivity index (χ1) is 8.64. The maximum atomic E-state index is 13.1. The predicted molar refractivity (Wildman–Crippen MR) is 63.1 cm³/mol. The second kappa shape index (κ2) is 5.01. The summed E-state index contributed by atoms with van der Waals surface area (Å²) in [6.45, 7) is 2.33. The molecule has 0 aliphatic carbocycles. The largest absolute Gasteiger partial charge is 0.480 e. The Morgan fingerprint density at radius 2 is 1.95 bits per heavy atom. The number of benzene rings is 1. The number of nitrogens with one attached hydrogen (secondary N) is 1. The van der Waals surface area contributed by atoms with Crippen LogP contribution < -0.4 is 5.32 Å². The van der Waals surface area contributed by atoms with Crippen molar-refractivity contribution < 1.29 is 24.0 Å². The minimum absolute atomic E-state index is 0.175. The van der Waals surface area contributed by atoms with Gasteiger partial charge in [0.25, 0.3) is 5.69 Å². The van der Waals surface area contributed by atoms with Gasteiger partial charge in [-0.05, 0) is 19.9 Å². The molecule has 2 N–H and O–H groups in total. The van der Waals surface area contributed by atoms with Crippen LogP contribution in [0.1, 0.15) is 13.8 Å². The van der Waals surface area contributed by atoms with Gasteiger partial charge in [0.15, 0.2) is 0 Å². The molecule has 1 rings (SSSR count). The SMILES string of the molecule is CC(C)(C(=O)O)C(=O)Nc1cc(F)cc([N+](=O)[O-])c1. The van der Waals surface area contributed by atoms with E-state index in [1.54, 1.807) is 0 Å². The number of hydrogen-bond donors (Lipinski definition) is 2. The fourth-order valence-corrected chi connectivity index (χ4v) is 1.14. The van der Waals surface area contributed by atoms with Crippen LogP contribution in [0.15, 0.2) is 18.2 Å². The van der Waals surface area contributed by atoms with Gasteiger partial charge in [0.2, 0.25) is 5.91 Å². The van der Waals surface area contributed by atoms with E-state index in [0.29, 0.717) is 6.07 Å². The Balaban J connectivity index is 3.04. The van der Waals surface area contributed by atoms with E-state index in [1.165, 1.54) is 13.8 Å². The Bertz CT molecular complexity index is 556. The fourth-order valence-electron chi connectivity index (χ4n) is 1.14. The zero-order chi connectivity index (χ0) is 14.8.